The predicted molar refractivity (Wildman–Crippen MR) is 298 cm³/mol. The van der Waals surface area contributed by atoms with Crippen molar-refractivity contribution in [1.29, 1.82) is 0 Å². The molecule has 4 fully saturated rings. The van der Waals surface area contributed by atoms with Crippen LogP contribution in [0.1, 0.15) is 95.0 Å². The van der Waals surface area contributed by atoms with E-state index in [0.29, 0.717) is 49.5 Å². The third kappa shape index (κ3) is 14.9. The fourth-order valence-electron chi connectivity index (χ4n) is 11.5. The van der Waals surface area contributed by atoms with E-state index in [0.717, 1.165) is 113 Å². The first-order valence-corrected chi connectivity index (χ1v) is 27.3. The van der Waals surface area contributed by atoms with Crippen LogP contribution in [0.5, 0.6) is 0 Å². The molecule has 11 rings (SSSR count). The summed E-state index contributed by atoms with van der Waals surface area (Å²) in [5, 5.41) is 31.3. The maximum atomic E-state index is 13.4. The molecule has 7 aromatic rings. The first kappa shape index (κ1) is 56.5. The van der Waals surface area contributed by atoms with Crippen molar-refractivity contribution >= 4 is 45.5 Å². The van der Waals surface area contributed by atoms with Gasteiger partial charge in [0.25, 0.3) is 11.8 Å². The number of carbonyl (C=O) groups is 2. The fourth-order valence-corrected chi connectivity index (χ4v) is 11.5. The van der Waals surface area contributed by atoms with Crippen LogP contribution in [0, 0.1) is 35.1 Å². The van der Waals surface area contributed by atoms with Crippen molar-refractivity contribution in [1.82, 2.24) is 39.8 Å². The van der Waals surface area contributed by atoms with E-state index in [4.69, 9.17) is 11.5 Å². The minimum Gasteiger partial charge on any atom is -0.392 e. The van der Waals surface area contributed by atoms with Crippen molar-refractivity contribution < 1.29 is 37.4 Å². The number of H-pyrrole nitrogens is 2. The first-order valence-electron chi connectivity index (χ1n) is 27.3. The van der Waals surface area contributed by atoms with Crippen molar-refractivity contribution in [3.05, 3.63) is 161 Å². The largest absolute Gasteiger partial charge is 0.392 e. The molecule has 16 nitrogen and oxygen atoms in total. The second-order valence-electron chi connectivity index (χ2n) is 21.1. The molecule has 0 saturated carbocycles. The molecule has 2 atom stereocenters. The van der Waals surface area contributed by atoms with E-state index in [9.17, 15) is 37.4 Å². The van der Waals surface area contributed by atoms with Gasteiger partial charge in [-0.05, 0) is 168 Å². The van der Waals surface area contributed by atoms with E-state index in [-0.39, 0.29) is 35.1 Å². The topological polar surface area (TPSA) is 223 Å². The van der Waals surface area contributed by atoms with E-state index in [1.807, 2.05) is 6.07 Å². The Morgan fingerprint density at radius 3 is 1.46 bits per heavy atom. The van der Waals surface area contributed by atoms with Crippen molar-refractivity contribution in [2.75, 3.05) is 65.4 Å². The quantitative estimate of drug-likeness (QED) is 0.0399. The molecule has 4 aliphatic heterocycles. The molecule has 20 heteroatoms. The first-order chi connectivity index (χ1) is 38.2. The Kier molecular flexibility index (Phi) is 19.0. The number of hydrogen-bond acceptors (Lipinski definition) is 8. The minimum absolute atomic E-state index is 0.0296. The Bertz CT molecular complexity index is 3150. The van der Waals surface area contributed by atoms with Crippen LogP contribution in [0.4, 0.5) is 17.6 Å². The number of aliphatic hydroxyl groups is 2. The summed E-state index contributed by atoms with van der Waals surface area (Å²) in [6.07, 6.45) is 14.9. The fraction of sp³-hybridized carbons (Fsp3) is 0.407. The maximum Gasteiger partial charge on any atom is 0.280 e. The number of amides is 2. The van der Waals surface area contributed by atoms with Crippen molar-refractivity contribution in [2.24, 2.45) is 33.3 Å². The van der Waals surface area contributed by atoms with Crippen LogP contribution >= 0.6 is 0 Å². The number of carbonyl (C=O) groups excluding carboxylic acids is 2. The number of guanidine groups is 1. The highest BCUT2D eigenvalue weighted by atomic mass is 19.1. The number of halogens is 4. The molecule has 4 aromatic carbocycles. The molecule has 4 aliphatic rings. The molecule has 418 valence electrons. The third-order valence-electron chi connectivity index (χ3n) is 15.9. The molecule has 79 heavy (non-hydrogen) atoms. The van der Waals surface area contributed by atoms with Crippen LogP contribution in [-0.4, -0.2) is 146 Å². The number of aromatic nitrogens is 4. The second-order valence-corrected chi connectivity index (χ2v) is 21.1. The number of aromatic amines is 2. The number of benzene rings is 4. The van der Waals surface area contributed by atoms with Gasteiger partial charge in [-0.25, -0.2) is 22.2 Å². The number of aliphatic imine (C=N–C) groups is 2. The molecule has 4 saturated heterocycles. The van der Waals surface area contributed by atoms with Gasteiger partial charge in [0.05, 0.1) is 12.2 Å². The van der Waals surface area contributed by atoms with E-state index < -0.39 is 41.2 Å². The second kappa shape index (κ2) is 26.6. The number of nitrogens with one attached hydrogen (secondary N) is 3. The van der Waals surface area contributed by atoms with Gasteiger partial charge >= 0.3 is 0 Å². The van der Waals surface area contributed by atoms with Crippen molar-refractivity contribution in [3.8, 4) is 0 Å². The summed E-state index contributed by atoms with van der Waals surface area (Å²) in [6.45, 7) is 8.87. The van der Waals surface area contributed by atoms with Gasteiger partial charge in [0, 0.05) is 96.0 Å². The number of piperidine rings is 4. The summed E-state index contributed by atoms with van der Waals surface area (Å²) in [5.74, 6) is -3.37. The molecule has 0 bridgehead atoms. The van der Waals surface area contributed by atoms with Gasteiger partial charge in [0.15, 0.2) is 5.96 Å². The molecular weight excluding hydrogens is 1020 g/mol. The SMILES string of the molecule is NC(=NC(=O)c1cc(F)cc(F)c1)N1CCC(C(O)CN2CCC(c3c[nH]c4ccccc34)CC2)CC1.NC(=NC(=O)c1cc(F)cc(F)c1)n1cccn1.OC(CN1CCC(c2c[nH]c3ccccc23)CC1)C1CCNCC1. The Hall–Kier alpha value is -7.23. The normalized spacial score (nSPS) is 18.7. The van der Waals surface area contributed by atoms with Crippen LogP contribution in [0.15, 0.2) is 126 Å². The van der Waals surface area contributed by atoms with E-state index in [1.165, 1.54) is 58.2 Å². The van der Waals surface area contributed by atoms with Gasteiger partial charge in [-0.3, -0.25) is 9.59 Å². The number of fused-ring (bicyclic) bond motifs is 2. The highest BCUT2D eigenvalue weighted by molar-refractivity contribution is 6.03. The number of hydrogen-bond donors (Lipinski definition) is 7. The van der Waals surface area contributed by atoms with Crippen LogP contribution in [0.3, 0.4) is 0 Å². The monoisotopic (exact) mass is 1090 g/mol. The lowest BCUT2D eigenvalue weighted by atomic mass is 9.87. The summed E-state index contributed by atoms with van der Waals surface area (Å²) < 4.78 is 53.8. The molecule has 0 spiro atoms. The Morgan fingerprint density at radius 1 is 0.582 bits per heavy atom. The summed E-state index contributed by atoms with van der Waals surface area (Å²) in [6, 6.07) is 23.6. The van der Waals surface area contributed by atoms with Gasteiger partial charge in [-0.2, -0.15) is 15.1 Å². The lowest BCUT2D eigenvalue weighted by Crippen LogP contribution is -2.47. The number of rotatable bonds is 10. The molecular formula is C59H70F4N12O4. The van der Waals surface area contributed by atoms with Crippen LogP contribution in [0.2, 0.25) is 0 Å². The van der Waals surface area contributed by atoms with Crippen molar-refractivity contribution in [2.45, 2.75) is 75.4 Å². The van der Waals surface area contributed by atoms with Crippen LogP contribution in [-0.2, 0) is 0 Å². The van der Waals surface area contributed by atoms with Gasteiger partial charge < -0.3 is 51.7 Å². The van der Waals surface area contributed by atoms with Crippen LogP contribution in [0.25, 0.3) is 21.8 Å². The maximum absolute atomic E-state index is 13.4. The minimum atomic E-state index is -0.855. The summed E-state index contributed by atoms with van der Waals surface area (Å²) in [4.78, 5) is 44.6. The summed E-state index contributed by atoms with van der Waals surface area (Å²) in [7, 11) is 0. The molecule has 2 amide bonds. The van der Waals surface area contributed by atoms with Gasteiger partial charge in [0.2, 0.25) is 5.96 Å². The summed E-state index contributed by atoms with van der Waals surface area (Å²) >= 11 is 0. The Labute approximate surface area is 456 Å². The lowest BCUT2D eigenvalue weighted by molar-refractivity contribution is 0.0339. The van der Waals surface area contributed by atoms with Crippen LogP contribution < -0.4 is 16.8 Å². The third-order valence-corrected chi connectivity index (χ3v) is 15.9. The lowest BCUT2D eigenvalue weighted by Gasteiger charge is -2.38. The smallest absolute Gasteiger partial charge is 0.280 e. The number of β-amino-alcohol motifs (C(OH)–C–C–N with tert-alkyl or cyclic N) is 2. The zero-order valence-corrected chi connectivity index (χ0v) is 44.2. The molecule has 2 unspecified atom stereocenters. The summed E-state index contributed by atoms with van der Waals surface area (Å²) in [5.41, 5.74) is 16.4. The average Bonchev–Trinajstić information content (AvgIpc) is 4.29. The number of para-hydroxylation sites is 2. The molecule has 0 aliphatic carbocycles. The predicted octanol–water partition coefficient (Wildman–Crippen LogP) is 7.73. The van der Waals surface area contributed by atoms with Crippen molar-refractivity contribution in [3.63, 3.8) is 0 Å². The van der Waals surface area contributed by atoms with Gasteiger partial charge in [-0.1, -0.05) is 36.4 Å². The standard InChI is InChI=1S/C28H33F2N5O2.C20H29N3O.C11H8F2N4O/c29-21-13-20(14-22(30)15-21)27(37)33-28(31)35-11-7-19(8-12-35)26(36)17-34-9-5-18(6-10-34)24-16-32-25-4-2-1-3-23(24)25;24-20(16-5-9-21-10-6-16)14-23-11-7-15(8-12-23)18-13-22-19-4-2-1-3-17(18)19;12-8-4-7(5-9(13)6-8)10(18)16-11(14)17-3-1-2-15-17/h1-4,13-16,18-19,26,32,36H,5-12,17H2,(H2,31,33,37);1-4,13,15-16,20-22,24H,5-12,14H2;1-6H,(H2,14,16,18). The zero-order valence-electron chi connectivity index (χ0n) is 44.2. The average molecular weight is 1090 g/mol. The Balaban J connectivity index is 0.000000155. The van der Waals surface area contributed by atoms with E-state index in [1.54, 1.807) is 11.0 Å². The number of likely N-dealkylation sites (tertiary alicyclic amines) is 3. The van der Waals surface area contributed by atoms with Gasteiger partial charge in [-0.15, -0.1) is 0 Å². The zero-order chi connectivity index (χ0) is 55.4. The number of nitrogens with two attached hydrogens (primary N) is 2. The molecule has 3 aromatic heterocycles. The Morgan fingerprint density at radius 2 is 1.01 bits per heavy atom. The molecule has 7 heterocycles. The van der Waals surface area contributed by atoms with E-state index >= 15 is 0 Å². The number of aliphatic hydroxyl groups excluding tert-OH is 2. The molecule has 9 N–H and O–H groups in total. The van der Waals surface area contributed by atoms with Gasteiger partial charge in [0.1, 0.15) is 23.3 Å². The van der Waals surface area contributed by atoms with E-state index in [2.05, 4.69) is 95.0 Å². The highest BCUT2D eigenvalue weighted by Gasteiger charge is 2.31. The highest BCUT2D eigenvalue weighted by Crippen LogP contribution is 2.35. The number of nitrogens with zero attached hydrogens (tertiary/aromatic N) is 7. The molecule has 0 radical (unpaired) electrons.